The van der Waals surface area contributed by atoms with E-state index < -0.39 is 0 Å². The Kier molecular flexibility index (Phi) is 5.04. The highest BCUT2D eigenvalue weighted by molar-refractivity contribution is 5.94. The van der Waals surface area contributed by atoms with Crippen LogP contribution in [-0.2, 0) is 13.6 Å². The summed E-state index contributed by atoms with van der Waals surface area (Å²) in [4.78, 5) is 15.4. The van der Waals surface area contributed by atoms with Crippen LogP contribution in [0.5, 0.6) is 0 Å². The Balaban J connectivity index is 1.57. The largest absolute Gasteiger partial charge is 0.331 e. The maximum atomic E-state index is 13.4. The topological polar surface area (TPSA) is 50.2 Å². The smallest absolute Gasteiger partial charge is 0.254 e. The summed E-state index contributed by atoms with van der Waals surface area (Å²) in [6.45, 7) is 6.90. The lowest BCUT2D eigenvalue weighted by Gasteiger charge is -2.25. The van der Waals surface area contributed by atoms with Crippen molar-refractivity contribution >= 4 is 5.91 Å². The van der Waals surface area contributed by atoms with Gasteiger partial charge in [-0.15, -0.1) is 0 Å². The van der Waals surface area contributed by atoms with Crippen molar-refractivity contribution in [2.24, 2.45) is 7.05 Å². The number of hydrogen-bond donors (Lipinski definition) is 1. The van der Waals surface area contributed by atoms with Crippen molar-refractivity contribution in [1.82, 2.24) is 20.0 Å². The number of amides is 1. The Morgan fingerprint density at radius 1 is 1.30 bits per heavy atom. The first kappa shape index (κ1) is 18.2. The summed E-state index contributed by atoms with van der Waals surface area (Å²) in [7, 11) is 1.97. The van der Waals surface area contributed by atoms with Crippen LogP contribution in [0.1, 0.15) is 64.5 Å². The van der Waals surface area contributed by atoms with Crippen LogP contribution in [0.3, 0.4) is 0 Å². The van der Waals surface area contributed by atoms with Gasteiger partial charge in [-0.1, -0.05) is 12.1 Å². The summed E-state index contributed by atoms with van der Waals surface area (Å²) in [5.41, 5.74) is 5.47. The van der Waals surface area contributed by atoms with Crippen LogP contribution in [-0.4, -0.2) is 39.7 Å². The first-order chi connectivity index (χ1) is 13.0. The van der Waals surface area contributed by atoms with E-state index in [0.717, 1.165) is 42.9 Å². The number of rotatable bonds is 5. The number of benzene rings is 1. The molecule has 0 unspecified atom stereocenters. The molecule has 1 amide bonds. The minimum atomic E-state index is 0.158. The summed E-state index contributed by atoms with van der Waals surface area (Å²) >= 11 is 0. The van der Waals surface area contributed by atoms with Gasteiger partial charge in [0.25, 0.3) is 5.91 Å². The van der Waals surface area contributed by atoms with Gasteiger partial charge >= 0.3 is 0 Å². The van der Waals surface area contributed by atoms with Gasteiger partial charge in [0, 0.05) is 43.0 Å². The summed E-state index contributed by atoms with van der Waals surface area (Å²) in [5, 5.41) is 8.00. The number of carbonyl (C=O) groups excluding carboxylic acids is 1. The lowest BCUT2D eigenvalue weighted by molar-refractivity contribution is 0.0729. The van der Waals surface area contributed by atoms with Crippen molar-refractivity contribution in [2.45, 2.75) is 58.0 Å². The van der Waals surface area contributed by atoms with E-state index in [4.69, 9.17) is 0 Å². The van der Waals surface area contributed by atoms with E-state index in [0.29, 0.717) is 18.5 Å². The maximum Gasteiger partial charge on any atom is 0.254 e. The first-order valence-electron chi connectivity index (χ1n) is 10.2. The Hall–Kier alpha value is -2.14. The molecule has 1 atom stereocenters. The molecular formula is C22H30N4O. The van der Waals surface area contributed by atoms with Gasteiger partial charge in [0.05, 0.1) is 5.69 Å². The molecule has 2 fully saturated rings. The molecule has 2 aromatic rings. The van der Waals surface area contributed by atoms with Gasteiger partial charge in [0.15, 0.2) is 0 Å². The van der Waals surface area contributed by atoms with Crippen molar-refractivity contribution < 1.29 is 4.79 Å². The zero-order valence-corrected chi connectivity index (χ0v) is 16.7. The molecule has 2 aliphatic rings. The van der Waals surface area contributed by atoms with Gasteiger partial charge in [0.2, 0.25) is 0 Å². The molecule has 1 aromatic heterocycles. The molecule has 1 aliphatic heterocycles. The van der Waals surface area contributed by atoms with Gasteiger partial charge in [-0.2, -0.15) is 5.10 Å². The molecule has 0 bridgehead atoms. The molecule has 1 aromatic carbocycles. The van der Waals surface area contributed by atoms with E-state index in [2.05, 4.69) is 34.4 Å². The predicted octanol–water partition coefficient (Wildman–Crippen LogP) is 3.31. The summed E-state index contributed by atoms with van der Waals surface area (Å²) < 4.78 is 1.91. The van der Waals surface area contributed by atoms with Gasteiger partial charge in [-0.3, -0.25) is 9.48 Å². The number of hydrogen-bond acceptors (Lipinski definition) is 3. The normalized spacial score (nSPS) is 19.9. The van der Waals surface area contributed by atoms with Crippen LogP contribution in [0.15, 0.2) is 24.3 Å². The zero-order valence-electron chi connectivity index (χ0n) is 16.7. The Morgan fingerprint density at radius 3 is 2.74 bits per heavy atom. The molecular weight excluding hydrogens is 336 g/mol. The Labute approximate surface area is 161 Å². The molecule has 0 spiro atoms. The number of piperidine rings is 1. The highest BCUT2D eigenvalue weighted by Gasteiger charge is 2.34. The molecule has 144 valence electrons. The van der Waals surface area contributed by atoms with Crippen LogP contribution >= 0.6 is 0 Å². The fraction of sp³-hybridized carbons (Fsp3) is 0.545. The Morgan fingerprint density at radius 2 is 2.11 bits per heavy atom. The fourth-order valence-electron chi connectivity index (χ4n) is 4.20. The third-order valence-electron chi connectivity index (χ3n) is 6.14. The van der Waals surface area contributed by atoms with Gasteiger partial charge in [0.1, 0.15) is 0 Å². The van der Waals surface area contributed by atoms with Gasteiger partial charge < -0.3 is 10.2 Å². The third kappa shape index (κ3) is 3.79. The molecule has 5 heteroatoms. The lowest BCUT2D eigenvalue weighted by Crippen LogP contribution is -2.33. The number of aromatic nitrogens is 2. The molecule has 27 heavy (non-hydrogen) atoms. The number of nitrogens with zero attached hydrogens (tertiary/aromatic N) is 3. The molecule has 1 aliphatic carbocycles. The Bertz CT molecular complexity index is 831. The first-order valence-corrected chi connectivity index (χ1v) is 10.2. The van der Waals surface area contributed by atoms with E-state index in [9.17, 15) is 4.79 Å². The molecule has 1 saturated heterocycles. The lowest BCUT2D eigenvalue weighted by atomic mass is 9.90. The monoisotopic (exact) mass is 366 g/mol. The standard InChI is InChI=1S/C22H30N4O/c1-15-21(16(2)25(3)24-15)14-26(20-9-10-20)22(27)18-7-4-6-17(12-18)19-8-5-11-23-13-19/h4,6-7,12,19-20,23H,5,8-11,13-14H2,1-3H3/t19-/m0/s1. The van der Waals surface area contributed by atoms with Crippen molar-refractivity contribution in [1.29, 1.82) is 0 Å². The third-order valence-corrected chi connectivity index (χ3v) is 6.14. The average molecular weight is 367 g/mol. The second-order valence-electron chi connectivity index (χ2n) is 8.11. The molecule has 1 N–H and O–H groups in total. The SMILES string of the molecule is Cc1nn(C)c(C)c1CN(C(=O)c1cccc([C@H]2CCCNC2)c1)C1CC1. The van der Waals surface area contributed by atoms with E-state index in [1.807, 2.05) is 30.8 Å². The number of nitrogens with one attached hydrogen (secondary N) is 1. The van der Waals surface area contributed by atoms with E-state index in [1.165, 1.54) is 24.0 Å². The summed E-state index contributed by atoms with van der Waals surface area (Å²) in [6, 6.07) is 8.68. The summed E-state index contributed by atoms with van der Waals surface area (Å²) in [5.74, 6) is 0.675. The van der Waals surface area contributed by atoms with Crippen LogP contribution in [0.25, 0.3) is 0 Å². The number of aryl methyl sites for hydroxylation is 2. The van der Waals surface area contributed by atoms with E-state index >= 15 is 0 Å². The minimum Gasteiger partial charge on any atom is -0.331 e. The van der Waals surface area contributed by atoms with E-state index in [1.54, 1.807) is 0 Å². The van der Waals surface area contributed by atoms with Crippen LogP contribution in [0.2, 0.25) is 0 Å². The van der Waals surface area contributed by atoms with Crippen molar-refractivity contribution in [3.8, 4) is 0 Å². The molecule has 5 nitrogen and oxygen atoms in total. The zero-order chi connectivity index (χ0) is 19.0. The van der Waals surface area contributed by atoms with Gasteiger partial charge in [-0.25, -0.2) is 0 Å². The van der Waals surface area contributed by atoms with E-state index in [-0.39, 0.29) is 5.91 Å². The van der Waals surface area contributed by atoms with Crippen LogP contribution in [0, 0.1) is 13.8 Å². The molecule has 0 radical (unpaired) electrons. The maximum absolute atomic E-state index is 13.4. The van der Waals surface area contributed by atoms with Crippen molar-refractivity contribution in [3.63, 3.8) is 0 Å². The highest BCUT2D eigenvalue weighted by atomic mass is 16.2. The average Bonchev–Trinajstić information content (AvgIpc) is 3.50. The fourth-order valence-corrected chi connectivity index (χ4v) is 4.20. The molecule has 1 saturated carbocycles. The van der Waals surface area contributed by atoms with Gasteiger partial charge in [-0.05, 0) is 69.7 Å². The van der Waals surface area contributed by atoms with Crippen molar-refractivity contribution in [2.75, 3.05) is 13.1 Å². The second-order valence-corrected chi connectivity index (χ2v) is 8.11. The number of carbonyl (C=O) groups is 1. The highest BCUT2D eigenvalue weighted by Crippen LogP contribution is 2.32. The molecule has 4 rings (SSSR count). The summed E-state index contributed by atoms with van der Waals surface area (Å²) in [6.07, 6.45) is 4.62. The minimum absolute atomic E-state index is 0.158. The van der Waals surface area contributed by atoms with Crippen LogP contribution < -0.4 is 5.32 Å². The predicted molar refractivity (Wildman–Crippen MR) is 107 cm³/mol. The molecule has 2 heterocycles. The second kappa shape index (κ2) is 7.47. The van der Waals surface area contributed by atoms with Crippen LogP contribution in [0.4, 0.5) is 0 Å². The van der Waals surface area contributed by atoms with Crippen molar-refractivity contribution in [3.05, 3.63) is 52.3 Å². The quantitative estimate of drug-likeness (QED) is 0.883.